The second-order valence-corrected chi connectivity index (χ2v) is 6.40. The summed E-state index contributed by atoms with van der Waals surface area (Å²) < 4.78 is 25.1. The topological polar surface area (TPSA) is 90.3 Å². The number of nitriles is 1. The van der Waals surface area contributed by atoms with Crippen molar-refractivity contribution in [1.82, 2.24) is 9.62 Å². The molecule has 0 spiro atoms. The molecule has 7 heteroatoms. The number of benzene rings is 1. The molecule has 1 aromatic carbocycles. The molecule has 0 saturated carbocycles. The standard InChI is InChI=1S/C14H15N3O3S/c1-2-21(19,20)16-13-6-7-17(14(13)18)10-12-5-3-4-11(8-12)9-15/h2-5,8,13,16H,1,6-7,10H2/t13-/m0/s1. The Morgan fingerprint density at radius 2 is 2.29 bits per heavy atom. The molecule has 1 atom stereocenters. The van der Waals surface area contributed by atoms with E-state index in [0.717, 1.165) is 11.0 Å². The van der Waals surface area contributed by atoms with E-state index >= 15 is 0 Å². The highest BCUT2D eigenvalue weighted by molar-refractivity contribution is 7.92. The minimum absolute atomic E-state index is 0.261. The van der Waals surface area contributed by atoms with Gasteiger partial charge in [0.2, 0.25) is 15.9 Å². The van der Waals surface area contributed by atoms with Crippen LogP contribution in [0.5, 0.6) is 0 Å². The van der Waals surface area contributed by atoms with Gasteiger partial charge in [-0.25, -0.2) is 8.42 Å². The van der Waals surface area contributed by atoms with E-state index in [4.69, 9.17) is 5.26 Å². The van der Waals surface area contributed by atoms with Crippen LogP contribution >= 0.6 is 0 Å². The number of rotatable bonds is 5. The van der Waals surface area contributed by atoms with E-state index in [9.17, 15) is 13.2 Å². The number of amides is 1. The second kappa shape index (κ2) is 6.08. The normalized spacial score (nSPS) is 18.5. The fraction of sp³-hybridized carbons (Fsp3) is 0.286. The minimum atomic E-state index is -3.62. The van der Waals surface area contributed by atoms with Gasteiger partial charge in [0.25, 0.3) is 0 Å². The van der Waals surface area contributed by atoms with Crippen LogP contribution in [0.15, 0.2) is 36.3 Å². The predicted molar refractivity (Wildman–Crippen MR) is 77.2 cm³/mol. The first kappa shape index (κ1) is 15.2. The van der Waals surface area contributed by atoms with Gasteiger partial charge in [-0.1, -0.05) is 18.7 Å². The van der Waals surface area contributed by atoms with Gasteiger partial charge in [0.1, 0.15) is 6.04 Å². The lowest BCUT2D eigenvalue weighted by Crippen LogP contribution is -2.40. The molecule has 110 valence electrons. The maximum absolute atomic E-state index is 12.2. The molecule has 1 fully saturated rings. The molecular formula is C14H15N3O3S. The molecule has 0 radical (unpaired) electrons. The van der Waals surface area contributed by atoms with Crippen LogP contribution in [0.25, 0.3) is 0 Å². The highest BCUT2D eigenvalue weighted by Gasteiger charge is 2.33. The number of nitrogens with one attached hydrogen (secondary N) is 1. The molecule has 0 bridgehead atoms. The summed E-state index contributed by atoms with van der Waals surface area (Å²) in [5.41, 5.74) is 1.37. The highest BCUT2D eigenvalue weighted by atomic mass is 32.2. The Bertz CT molecular complexity index is 706. The third-order valence-electron chi connectivity index (χ3n) is 3.25. The van der Waals surface area contributed by atoms with Crippen molar-refractivity contribution in [2.75, 3.05) is 6.54 Å². The lowest BCUT2D eigenvalue weighted by molar-refractivity contribution is -0.129. The van der Waals surface area contributed by atoms with Gasteiger partial charge < -0.3 is 4.90 Å². The average molecular weight is 305 g/mol. The van der Waals surface area contributed by atoms with Crippen LogP contribution in [0.4, 0.5) is 0 Å². The van der Waals surface area contributed by atoms with Gasteiger partial charge in [-0.15, -0.1) is 0 Å². The highest BCUT2D eigenvalue weighted by Crippen LogP contribution is 2.16. The van der Waals surface area contributed by atoms with Crippen molar-refractivity contribution < 1.29 is 13.2 Å². The molecule has 1 amide bonds. The monoisotopic (exact) mass is 305 g/mol. The van der Waals surface area contributed by atoms with E-state index in [1.54, 1.807) is 23.1 Å². The van der Waals surface area contributed by atoms with E-state index in [1.165, 1.54) is 0 Å². The third-order valence-corrected chi connectivity index (χ3v) is 4.30. The van der Waals surface area contributed by atoms with Gasteiger partial charge in [0.15, 0.2) is 0 Å². The lowest BCUT2D eigenvalue weighted by Gasteiger charge is -2.17. The molecule has 1 aliphatic heterocycles. The molecule has 1 N–H and O–H groups in total. The van der Waals surface area contributed by atoms with Gasteiger partial charge in [-0.2, -0.15) is 9.98 Å². The van der Waals surface area contributed by atoms with Crippen LogP contribution in [-0.4, -0.2) is 31.8 Å². The maximum atomic E-state index is 12.2. The average Bonchev–Trinajstić information content (AvgIpc) is 2.80. The number of hydrogen-bond acceptors (Lipinski definition) is 4. The van der Waals surface area contributed by atoms with E-state index in [1.807, 2.05) is 12.1 Å². The van der Waals surface area contributed by atoms with Crippen molar-refractivity contribution in [2.45, 2.75) is 19.0 Å². The molecule has 0 aromatic heterocycles. The summed E-state index contributed by atoms with van der Waals surface area (Å²) in [6.45, 7) is 4.03. The predicted octanol–water partition coefficient (Wildman–Crippen LogP) is 0.722. The van der Waals surface area contributed by atoms with Gasteiger partial charge >= 0.3 is 0 Å². The van der Waals surface area contributed by atoms with Crippen molar-refractivity contribution in [3.05, 3.63) is 47.4 Å². The Balaban J connectivity index is 2.05. The molecule has 0 unspecified atom stereocenters. The van der Waals surface area contributed by atoms with E-state index < -0.39 is 16.1 Å². The van der Waals surface area contributed by atoms with Crippen LogP contribution in [-0.2, 0) is 21.4 Å². The Labute approximate surface area is 123 Å². The number of nitrogens with zero attached hydrogens (tertiary/aromatic N) is 2. The van der Waals surface area contributed by atoms with Gasteiger partial charge in [0, 0.05) is 18.5 Å². The number of likely N-dealkylation sites (tertiary alicyclic amines) is 1. The number of carbonyl (C=O) groups excluding carboxylic acids is 1. The molecule has 1 saturated heterocycles. The smallest absolute Gasteiger partial charge is 0.241 e. The fourth-order valence-electron chi connectivity index (χ4n) is 2.21. The summed E-state index contributed by atoms with van der Waals surface area (Å²) in [5.74, 6) is -0.261. The van der Waals surface area contributed by atoms with Crippen molar-refractivity contribution in [2.24, 2.45) is 0 Å². The number of hydrogen-bond donors (Lipinski definition) is 1. The van der Waals surface area contributed by atoms with Crippen molar-refractivity contribution in [3.8, 4) is 6.07 Å². The van der Waals surface area contributed by atoms with E-state index in [-0.39, 0.29) is 5.91 Å². The molecule has 21 heavy (non-hydrogen) atoms. The third kappa shape index (κ3) is 3.68. The van der Waals surface area contributed by atoms with Crippen LogP contribution in [0.3, 0.4) is 0 Å². The Morgan fingerprint density at radius 1 is 1.52 bits per heavy atom. The summed E-state index contributed by atoms with van der Waals surface area (Å²) in [5, 5.41) is 9.65. The molecule has 6 nitrogen and oxygen atoms in total. The molecule has 2 rings (SSSR count). The van der Waals surface area contributed by atoms with Gasteiger partial charge in [0.05, 0.1) is 11.6 Å². The van der Waals surface area contributed by atoms with Crippen molar-refractivity contribution in [1.29, 1.82) is 5.26 Å². The second-order valence-electron chi connectivity index (χ2n) is 4.74. The summed E-state index contributed by atoms with van der Waals surface area (Å²) >= 11 is 0. The lowest BCUT2D eigenvalue weighted by atomic mass is 10.1. The summed E-state index contributed by atoms with van der Waals surface area (Å²) in [7, 11) is -3.62. The zero-order valence-corrected chi connectivity index (χ0v) is 12.1. The van der Waals surface area contributed by atoms with Crippen molar-refractivity contribution in [3.63, 3.8) is 0 Å². The Morgan fingerprint density at radius 3 is 2.95 bits per heavy atom. The first-order chi connectivity index (χ1) is 9.95. The molecule has 0 aliphatic carbocycles. The zero-order valence-electron chi connectivity index (χ0n) is 11.3. The van der Waals surface area contributed by atoms with Crippen LogP contribution in [0, 0.1) is 11.3 Å². The van der Waals surface area contributed by atoms with E-state index in [0.29, 0.717) is 25.1 Å². The maximum Gasteiger partial charge on any atom is 0.241 e. The van der Waals surface area contributed by atoms with Gasteiger partial charge in [-0.3, -0.25) is 4.79 Å². The number of carbonyl (C=O) groups is 1. The van der Waals surface area contributed by atoms with Crippen LogP contribution in [0.1, 0.15) is 17.5 Å². The molecule has 1 aromatic rings. The Kier molecular flexibility index (Phi) is 4.40. The van der Waals surface area contributed by atoms with Gasteiger partial charge in [-0.05, 0) is 24.1 Å². The van der Waals surface area contributed by atoms with E-state index in [2.05, 4.69) is 11.3 Å². The van der Waals surface area contributed by atoms with Crippen LogP contribution < -0.4 is 4.72 Å². The zero-order chi connectivity index (χ0) is 15.5. The Hall–Kier alpha value is -2.17. The summed E-state index contributed by atoms with van der Waals surface area (Å²) in [6, 6.07) is 8.29. The first-order valence-electron chi connectivity index (χ1n) is 6.38. The van der Waals surface area contributed by atoms with Crippen LogP contribution in [0.2, 0.25) is 0 Å². The SMILES string of the molecule is C=CS(=O)(=O)N[C@H]1CCN(Cc2cccc(C#N)c2)C1=O. The molecule has 1 heterocycles. The van der Waals surface area contributed by atoms with Crippen molar-refractivity contribution >= 4 is 15.9 Å². The number of sulfonamides is 1. The largest absolute Gasteiger partial charge is 0.337 e. The fourth-order valence-corrected chi connectivity index (χ4v) is 2.92. The summed E-state index contributed by atoms with van der Waals surface area (Å²) in [4.78, 5) is 13.7. The first-order valence-corrected chi connectivity index (χ1v) is 7.92. The molecule has 1 aliphatic rings. The quantitative estimate of drug-likeness (QED) is 0.868. The molecular weight excluding hydrogens is 290 g/mol. The minimum Gasteiger partial charge on any atom is -0.337 e. The summed E-state index contributed by atoms with van der Waals surface area (Å²) in [6.07, 6.45) is 0.420.